The highest BCUT2D eigenvalue weighted by atomic mass is 32.2. The van der Waals surface area contributed by atoms with Crippen LogP contribution in [-0.4, -0.2) is 45.2 Å². The maximum atomic E-state index is 13.9. The van der Waals surface area contributed by atoms with Gasteiger partial charge in [-0.3, -0.25) is 14.4 Å². The first-order valence-corrected chi connectivity index (χ1v) is 21.3. The quantitative estimate of drug-likeness (QED) is 0.0984. The van der Waals surface area contributed by atoms with Crippen LogP contribution < -0.4 is 4.74 Å². The van der Waals surface area contributed by atoms with Crippen molar-refractivity contribution in [1.82, 2.24) is 0 Å². The zero-order chi connectivity index (χ0) is 42.4. The number of thioether (sulfide) groups is 2. The van der Waals surface area contributed by atoms with Gasteiger partial charge in [-0.15, -0.1) is 11.8 Å². The maximum absolute atomic E-state index is 13.9. The van der Waals surface area contributed by atoms with E-state index in [1.807, 2.05) is 128 Å². The van der Waals surface area contributed by atoms with Gasteiger partial charge in [-0.05, 0) is 136 Å². The number of methoxy groups -OCH3 is 1. The van der Waals surface area contributed by atoms with E-state index < -0.39 is 21.4 Å². The van der Waals surface area contributed by atoms with Gasteiger partial charge in [0.25, 0.3) is 0 Å². The third kappa shape index (κ3) is 9.96. The number of carbonyl (C=O) groups is 3. The first-order valence-electron chi connectivity index (χ1n) is 19.5. The molecule has 8 heteroatoms. The molecular formula is C50H54O6S2. The largest absolute Gasteiger partial charge is 0.510 e. The highest BCUT2D eigenvalue weighted by molar-refractivity contribution is 8.16. The molecule has 0 aromatic heterocycles. The summed E-state index contributed by atoms with van der Waals surface area (Å²) in [5.74, 6) is -0.000898. The van der Waals surface area contributed by atoms with Gasteiger partial charge in [-0.2, -0.15) is 0 Å². The van der Waals surface area contributed by atoms with Crippen LogP contribution in [0, 0.1) is 27.7 Å². The van der Waals surface area contributed by atoms with Gasteiger partial charge in [0.1, 0.15) is 17.4 Å². The average Bonchev–Trinajstić information content (AvgIpc) is 3.41. The molecule has 0 amide bonds. The molecule has 1 aliphatic heterocycles. The van der Waals surface area contributed by atoms with E-state index in [4.69, 9.17) is 9.47 Å². The van der Waals surface area contributed by atoms with E-state index in [2.05, 4.69) is 36.4 Å². The number of hydrogen-bond donors (Lipinski definition) is 1. The Bertz CT molecular complexity index is 2310. The summed E-state index contributed by atoms with van der Waals surface area (Å²) < 4.78 is 9.27. The van der Waals surface area contributed by atoms with Gasteiger partial charge in [0.05, 0.1) is 28.8 Å². The number of benzene rings is 5. The van der Waals surface area contributed by atoms with Gasteiger partial charge < -0.3 is 14.6 Å². The van der Waals surface area contributed by atoms with Crippen molar-refractivity contribution in [3.8, 4) is 28.0 Å². The van der Waals surface area contributed by atoms with Crippen LogP contribution in [0.5, 0.6) is 5.75 Å². The third-order valence-corrected chi connectivity index (χ3v) is 12.9. The molecule has 0 saturated carbocycles. The number of ether oxygens (including phenoxy) is 2. The summed E-state index contributed by atoms with van der Waals surface area (Å²) in [6.07, 6.45) is 0. The number of ketones is 1. The van der Waals surface area contributed by atoms with Crippen molar-refractivity contribution in [1.29, 1.82) is 0 Å². The molecule has 6 nitrogen and oxygen atoms in total. The smallest absolute Gasteiger partial charge is 0.321 e. The summed E-state index contributed by atoms with van der Waals surface area (Å²) in [7, 11) is 1.64. The van der Waals surface area contributed by atoms with Crippen LogP contribution in [0.1, 0.15) is 79.5 Å². The zero-order valence-corrected chi connectivity index (χ0v) is 36.8. The Morgan fingerprint density at radius 2 is 1.26 bits per heavy atom. The fraction of sp³-hybridized carbons (Fsp3) is 0.300. The number of carbonyl (C=O) groups excluding carboxylic acids is 3. The zero-order valence-electron chi connectivity index (χ0n) is 35.2. The molecule has 0 radical (unpaired) electrons. The van der Waals surface area contributed by atoms with Gasteiger partial charge in [0.2, 0.25) is 5.12 Å². The average molecular weight is 815 g/mol. The SMILES string of the molecule is CCOC(=O)C(C(=O)C(C)(C)SCc1ccc(OC)cc1)c1cc(C)c(-c2ccccc2)cc1C.Cc1cc(-c2ccccc2)c(C)cc1C1=C(O)C(C)(C)SC1=O. The molecule has 1 unspecified atom stereocenters. The summed E-state index contributed by atoms with van der Waals surface area (Å²) in [6.45, 7) is 17.5. The normalized spacial score (nSPS) is 14.1. The van der Waals surface area contributed by atoms with Crippen LogP contribution >= 0.6 is 23.5 Å². The molecule has 302 valence electrons. The monoisotopic (exact) mass is 814 g/mol. The summed E-state index contributed by atoms with van der Waals surface area (Å²) in [5, 5.41) is 10.4. The number of aryl methyl sites for hydroxylation is 4. The minimum Gasteiger partial charge on any atom is -0.510 e. The van der Waals surface area contributed by atoms with Crippen LogP contribution in [0.25, 0.3) is 27.8 Å². The Balaban J connectivity index is 0.000000240. The van der Waals surface area contributed by atoms with Crippen LogP contribution in [0.2, 0.25) is 0 Å². The molecule has 1 aliphatic rings. The highest BCUT2D eigenvalue weighted by Crippen LogP contribution is 2.47. The molecule has 0 fully saturated rings. The van der Waals surface area contributed by atoms with Crippen molar-refractivity contribution in [3.63, 3.8) is 0 Å². The maximum Gasteiger partial charge on any atom is 0.321 e. The fourth-order valence-corrected chi connectivity index (χ4v) is 9.01. The number of aliphatic hydroxyl groups excluding tert-OH is 1. The number of rotatable bonds is 12. The topological polar surface area (TPSA) is 89.9 Å². The van der Waals surface area contributed by atoms with E-state index in [9.17, 15) is 19.5 Å². The van der Waals surface area contributed by atoms with Crippen molar-refractivity contribution in [2.45, 2.75) is 83.5 Å². The molecule has 1 N–H and O–H groups in total. The minimum atomic E-state index is -0.975. The molecule has 5 aromatic rings. The lowest BCUT2D eigenvalue weighted by molar-refractivity contribution is -0.148. The molecule has 1 atom stereocenters. The second-order valence-electron chi connectivity index (χ2n) is 15.6. The van der Waals surface area contributed by atoms with E-state index in [0.717, 1.165) is 61.4 Å². The van der Waals surface area contributed by atoms with Crippen molar-refractivity contribution in [2.75, 3.05) is 13.7 Å². The summed E-state index contributed by atoms with van der Waals surface area (Å²) in [4.78, 5) is 39.4. The lowest BCUT2D eigenvalue weighted by Crippen LogP contribution is -2.38. The molecule has 0 aliphatic carbocycles. The molecule has 6 rings (SSSR count). The molecule has 5 aromatic carbocycles. The highest BCUT2D eigenvalue weighted by Gasteiger charge is 2.42. The van der Waals surface area contributed by atoms with E-state index in [0.29, 0.717) is 16.9 Å². The van der Waals surface area contributed by atoms with Crippen LogP contribution in [0.15, 0.2) is 115 Å². The van der Waals surface area contributed by atoms with Gasteiger partial charge in [-0.25, -0.2) is 0 Å². The Kier molecular flexibility index (Phi) is 14.2. The van der Waals surface area contributed by atoms with E-state index in [1.165, 1.54) is 23.5 Å². The van der Waals surface area contributed by atoms with Crippen molar-refractivity contribution < 1.29 is 29.0 Å². The van der Waals surface area contributed by atoms with Gasteiger partial charge in [0, 0.05) is 5.75 Å². The predicted octanol–water partition coefficient (Wildman–Crippen LogP) is 12.2. The second-order valence-corrected chi connectivity index (χ2v) is 18.8. The second kappa shape index (κ2) is 18.7. The molecule has 1 heterocycles. The minimum absolute atomic E-state index is 0.0533. The standard InChI is InChI=1S/C30H34O4S.C20H20O2S/c1-7-34-29(32)27(26-18-20(2)25(17-21(26)3)23-11-9-8-10-12-23)28(31)30(4,5)35-19-22-13-15-24(33-6)16-14-22;1-12-11-16(17-18(21)20(3,4)23-19(17)22)13(2)10-15(12)14-8-6-5-7-9-14/h8-18,27H,7,19H2,1-6H3;5-11,21H,1-4H3. The summed E-state index contributed by atoms with van der Waals surface area (Å²) in [5.41, 5.74) is 11.6. The first kappa shape index (κ1) is 44.1. The molecule has 0 saturated heterocycles. The fourth-order valence-electron chi connectivity index (χ4n) is 7.06. The van der Waals surface area contributed by atoms with Crippen LogP contribution in [0.3, 0.4) is 0 Å². The Hall–Kier alpha value is -5.05. The van der Waals surface area contributed by atoms with Crippen LogP contribution in [0.4, 0.5) is 0 Å². The first-order chi connectivity index (χ1) is 27.5. The van der Waals surface area contributed by atoms with Gasteiger partial charge in [-0.1, -0.05) is 109 Å². The van der Waals surface area contributed by atoms with Crippen LogP contribution in [-0.2, 0) is 24.9 Å². The van der Waals surface area contributed by atoms with E-state index >= 15 is 0 Å². The lowest BCUT2D eigenvalue weighted by Gasteiger charge is -2.28. The number of esters is 1. The molecular weight excluding hydrogens is 761 g/mol. The number of hydrogen-bond acceptors (Lipinski definition) is 8. The molecule has 0 bridgehead atoms. The Labute approximate surface area is 352 Å². The van der Waals surface area contributed by atoms with Crippen molar-refractivity contribution in [2.24, 2.45) is 0 Å². The van der Waals surface area contributed by atoms with Gasteiger partial charge >= 0.3 is 5.97 Å². The molecule has 0 spiro atoms. The number of Topliss-reactive ketones (excluding diaryl/α,β-unsaturated/α-hetero) is 1. The molecule has 58 heavy (non-hydrogen) atoms. The lowest BCUT2D eigenvalue weighted by atomic mass is 9.83. The predicted molar refractivity (Wildman–Crippen MR) is 242 cm³/mol. The van der Waals surface area contributed by atoms with E-state index in [-0.39, 0.29) is 23.3 Å². The van der Waals surface area contributed by atoms with E-state index in [1.54, 1.807) is 14.0 Å². The van der Waals surface area contributed by atoms with Crippen molar-refractivity contribution in [3.05, 3.63) is 154 Å². The van der Waals surface area contributed by atoms with Crippen molar-refractivity contribution >= 4 is 46.0 Å². The third-order valence-electron chi connectivity index (χ3n) is 10.4. The number of aliphatic hydroxyl groups is 1. The Morgan fingerprint density at radius 1 is 0.759 bits per heavy atom. The summed E-state index contributed by atoms with van der Waals surface area (Å²) in [6, 6.07) is 36.3. The summed E-state index contributed by atoms with van der Waals surface area (Å²) >= 11 is 2.71. The Morgan fingerprint density at radius 3 is 1.76 bits per heavy atom. The van der Waals surface area contributed by atoms with Gasteiger partial charge in [0.15, 0.2) is 5.78 Å².